The van der Waals surface area contributed by atoms with Gasteiger partial charge >= 0.3 is 0 Å². The molecule has 0 saturated heterocycles. The molecular formula is C13H24. The molecule has 0 heteroatoms. The van der Waals surface area contributed by atoms with Crippen LogP contribution in [0.2, 0.25) is 0 Å². The van der Waals surface area contributed by atoms with Crippen LogP contribution in [0.5, 0.6) is 0 Å². The lowest BCUT2D eigenvalue weighted by atomic mass is 9.78. The van der Waals surface area contributed by atoms with Crippen LogP contribution in [0.1, 0.15) is 48.0 Å². The van der Waals surface area contributed by atoms with Crippen molar-refractivity contribution < 1.29 is 0 Å². The maximum absolute atomic E-state index is 4.12. The summed E-state index contributed by atoms with van der Waals surface area (Å²) in [5, 5.41) is 0. The fourth-order valence-corrected chi connectivity index (χ4v) is 0.788. The lowest BCUT2D eigenvalue weighted by molar-refractivity contribution is 0.453. The van der Waals surface area contributed by atoms with Crippen LogP contribution in [0.15, 0.2) is 24.3 Å². The van der Waals surface area contributed by atoms with E-state index in [2.05, 4.69) is 54.7 Å². The van der Waals surface area contributed by atoms with E-state index in [-0.39, 0.29) is 10.8 Å². The molecule has 0 aliphatic carbocycles. The molecule has 0 aromatic rings. The average molecular weight is 180 g/mol. The zero-order valence-corrected chi connectivity index (χ0v) is 10.1. The fraction of sp³-hybridized carbons (Fsp3) is 0.692. The van der Waals surface area contributed by atoms with E-state index in [1.165, 1.54) is 11.1 Å². The molecule has 0 fully saturated rings. The molecule has 0 saturated carbocycles. The molecule has 0 nitrogen and oxygen atoms in total. The Labute approximate surface area is 83.7 Å². The normalized spacial score (nSPS) is 12.8. The molecule has 0 bridgehead atoms. The van der Waals surface area contributed by atoms with Crippen molar-refractivity contribution in [2.45, 2.75) is 48.0 Å². The van der Waals surface area contributed by atoms with Crippen molar-refractivity contribution in [1.82, 2.24) is 0 Å². The van der Waals surface area contributed by atoms with Crippen molar-refractivity contribution in [1.29, 1.82) is 0 Å². The third-order valence-electron chi connectivity index (χ3n) is 2.55. The average Bonchev–Trinajstić information content (AvgIpc) is 1.82. The van der Waals surface area contributed by atoms with Crippen LogP contribution in [0, 0.1) is 10.8 Å². The molecule has 0 spiro atoms. The van der Waals surface area contributed by atoms with Crippen LogP contribution in [0.4, 0.5) is 0 Å². The zero-order valence-electron chi connectivity index (χ0n) is 10.1. The van der Waals surface area contributed by atoms with Crippen LogP contribution in [0.3, 0.4) is 0 Å². The minimum Gasteiger partial charge on any atom is -0.0990 e. The van der Waals surface area contributed by atoms with Crippen LogP contribution in [-0.2, 0) is 0 Å². The van der Waals surface area contributed by atoms with E-state index in [1.54, 1.807) is 0 Å². The number of rotatable bonds is 2. The SMILES string of the molecule is C=C(CC(=C)C(C)(C)C)C(C)(C)C. The van der Waals surface area contributed by atoms with Gasteiger partial charge in [-0.2, -0.15) is 0 Å². The molecule has 0 aliphatic heterocycles. The van der Waals surface area contributed by atoms with E-state index in [0.29, 0.717) is 0 Å². The highest BCUT2D eigenvalue weighted by Crippen LogP contribution is 2.34. The van der Waals surface area contributed by atoms with Crippen molar-refractivity contribution >= 4 is 0 Å². The zero-order chi connectivity index (χ0) is 10.9. The second-order valence-electron chi connectivity index (χ2n) is 5.88. The van der Waals surface area contributed by atoms with Crippen LogP contribution < -0.4 is 0 Å². The lowest BCUT2D eigenvalue weighted by Gasteiger charge is -2.28. The summed E-state index contributed by atoms with van der Waals surface area (Å²) in [6, 6.07) is 0. The molecule has 0 aliphatic rings. The Kier molecular flexibility index (Phi) is 3.54. The summed E-state index contributed by atoms with van der Waals surface area (Å²) in [6.07, 6.45) is 0.951. The third kappa shape index (κ3) is 4.31. The van der Waals surface area contributed by atoms with E-state index in [0.717, 1.165) is 6.42 Å². The molecular weight excluding hydrogens is 156 g/mol. The molecule has 76 valence electrons. The summed E-state index contributed by atoms with van der Waals surface area (Å²) < 4.78 is 0. The predicted octanol–water partition coefficient (Wildman–Crippen LogP) is 4.58. The Morgan fingerprint density at radius 3 is 1.15 bits per heavy atom. The minimum atomic E-state index is 0.203. The second-order valence-corrected chi connectivity index (χ2v) is 5.88. The second kappa shape index (κ2) is 3.69. The smallest absolute Gasteiger partial charge is 0.0103 e. The van der Waals surface area contributed by atoms with Crippen molar-refractivity contribution in [2.75, 3.05) is 0 Å². The Morgan fingerprint density at radius 1 is 0.769 bits per heavy atom. The van der Waals surface area contributed by atoms with Crippen LogP contribution in [-0.4, -0.2) is 0 Å². The van der Waals surface area contributed by atoms with Gasteiger partial charge in [-0.1, -0.05) is 65.8 Å². The molecule has 0 radical (unpaired) electrons. The number of hydrogen-bond acceptors (Lipinski definition) is 0. The monoisotopic (exact) mass is 180 g/mol. The summed E-state index contributed by atoms with van der Waals surface area (Å²) in [5.41, 5.74) is 2.95. The molecule has 0 heterocycles. The van der Waals surface area contributed by atoms with Crippen molar-refractivity contribution in [3.63, 3.8) is 0 Å². The number of allylic oxidation sites excluding steroid dienone is 2. The van der Waals surface area contributed by atoms with Crippen LogP contribution in [0.25, 0.3) is 0 Å². The van der Waals surface area contributed by atoms with Gasteiger partial charge in [0.25, 0.3) is 0 Å². The first kappa shape index (κ1) is 12.5. The van der Waals surface area contributed by atoms with Gasteiger partial charge in [0.2, 0.25) is 0 Å². The van der Waals surface area contributed by atoms with E-state index in [1.807, 2.05) is 0 Å². The lowest BCUT2D eigenvalue weighted by Crippen LogP contribution is -2.14. The molecule has 0 rings (SSSR count). The quantitative estimate of drug-likeness (QED) is 0.546. The van der Waals surface area contributed by atoms with E-state index >= 15 is 0 Å². The van der Waals surface area contributed by atoms with Gasteiger partial charge in [-0.3, -0.25) is 0 Å². The third-order valence-corrected chi connectivity index (χ3v) is 2.55. The molecule has 0 aromatic heterocycles. The molecule has 0 unspecified atom stereocenters. The minimum absolute atomic E-state index is 0.203. The van der Waals surface area contributed by atoms with Gasteiger partial charge in [0.05, 0.1) is 0 Å². The van der Waals surface area contributed by atoms with Gasteiger partial charge in [-0.25, -0.2) is 0 Å². The maximum atomic E-state index is 4.12. The van der Waals surface area contributed by atoms with E-state index < -0.39 is 0 Å². The summed E-state index contributed by atoms with van der Waals surface area (Å²) in [4.78, 5) is 0. The first-order chi connectivity index (χ1) is 5.55. The largest absolute Gasteiger partial charge is 0.0990 e. The fourth-order valence-electron chi connectivity index (χ4n) is 0.788. The van der Waals surface area contributed by atoms with Crippen molar-refractivity contribution in [3.8, 4) is 0 Å². The van der Waals surface area contributed by atoms with Gasteiger partial charge in [0.1, 0.15) is 0 Å². The van der Waals surface area contributed by atoms with Gasteiger partial charge in [0, 0.05) is 0 Å². The molecule has 0 N–H and O–H groups in total. The Hall–Kier alpha value is -0.520. The number of hydrogen-bond donors (Lipinski definition) is 0. The first-order valence-electron chi connectivity index (χ1n) is 4.91. The van der Waals surface area contributed by atoms with E-state index in [4.69, 9.17) is 0 Å². The topological polar surface area (TPSA) is 0 Å². The van der Waals surface area contributed by atoms with E-state index in [9.17, 15) is 0 Å². The standard InChI is InChI=1S/C13H24/c1-10(12(3,4)5)9-11(2)13(6,7)8/h1-2,9H2,3-8H3. The van der Waals surface area contributed by atoms with Crippen molar-refractivity contribution in [2.24, 2.45) is 10.8 Å². The van der Waals surface area contributed by atoms with Gasteiger partial charge in [-0.05, 0) is 17.3 Å². The predicted molar refractivity (Wildman–Crippen MR) is 61.8 cm³/mol. The first-order valence-corrected chi connectivity index (χ1v) is 4.91. The molecule has 0 aromatic carbocycles. The summed E-state index contributed by atoms with van der Waals surface area (Å²) in [6.45, 7) is 21.4. The highest BCUT2D eigenvalue weighted by atomic mass is 14.3. The van der Waals surface area contributed by atoms with Gasteiger partial charge in [0.15, 0.2) is 0 Å². The Morgan fingerprint density at radius 2 is 1.00 bits per heavy atom. The maximum Gasteiger partial charge on any atom is -0.0103 e. The molecule has 0 amide bonds. The Balaban J connectivity index is 4.34. The molecule has 13 heavy (non-hydrogen) atoms. The van der Waals surface area contributed by atoms with Crippen molar-refractivity contribution in [3.05, 3.63) is 24.3 Å². The summed E-state index contributed by atoms with van der Waals surface area (Å²) in [7, 11) is 0. The van der Waals surface area contributed by atoms with Crippen LogP contribution >= 0.6 is 0 Å². The highest BCUT2D eigenvalue weighted by Gasteiger charge is 2.20. The summed E-state index contributed by atoms with van der Waals surface area (Å²) in [5.74, 6) is 0. The van der Waals surface area contributed by atoms with Gasteiger partial charge in [-0.15, -0.1) is 0 Å². The van der Waals surface area contributed by atoms with Gasteiger partial charge < -0.3 is 0 Å². The summed E-state index contributed by atoms with van der Waals surface area (Å²) >= 11 is 0. The highest BCUT2D eigenvalue weighted by molar-refractivity contribution is 5.18. The molecule has 0 atom stereocenters. The Bertz CT molecular complexity index is 181.